The summed E-state index contributed by atoms with van der Waals surface area (Å²) in [4.78, 5) is 2.51. The lowest BCUT2D eigenvalue weighted by Crippen LogP contribution is -2.38. The highest BCUT2D eigenvalue weighted by molar-refractivity contribution is 4.99. The van der Waals surface area contributed by atoms with Crippen molar-refractivity contribution >= 4 is 0 Å². The molecule has 1 atom stereocenters. The zero-order chi connectivity index (χ0) is 12.8. The monoisotopic (exact) mass is 252 g/mol. The summed E-state index contributed by atoms with van der Waals surface area (Å²) in [5.41, 5.74) is 0. The Hall–Kier alpha value is -0.840. The van der Waals surface area contributed by atoms with Crippen molar-refractivity contribution in [1.82, 2.24) is 10.2 Å². The molecule has 4 heteroatoms. The highest BCUT2D eigenvalue weighted by Gasteiger charge is 2.29. The fourth-order valence-corrected chi connectivity index (χ4v) is 2.20. The zero-order valence-corrected chi connectivity index (χ0v) is 11.4. The molecule has 0 aromatic carbocycles. The summed E-state index contributed by atoms with van der Waals surface area (Å²) in [5, 5.41) is 3.48. The highest BCUT2D eigenvalue weighted by Crippen LogP contribution is 2.27. The van der Waals surface area contributed by atoms with E-state index in [4.69, 9.17) is 9.15 Å². The molecular weight excluding hydrogens is 228 g/mol. The van der Waals surface area contributed by atoms with E-state index in [1.54, 1.807) is 13.4 Å². The SMILES string of the molecule is COCC(C)NCCN(Cc1ccco1)C1CC1. The maximum Gasteiger partial charge on any atom is 0.117 e. The first-order chi connectivity index (χ1) is 8.79. The van der Waals surface area contributed by atoms with Crippen LogP contribution in [0.5, 0.6) is 0 Å². The van der Waals surface area contributed by atoms with Crippen LogP contribution >= 0.6 is 0 Å². The van der Waals surface area contributed by atoms with Crippen LogP contribution in [0.4, 0.5) is 0 Å². The Morgan fingerprint density at radius 2 is 2.39 bits per heavy atom. The van der Waals surface area contributed by atoms with Gasteiger partial charge in [-0.25, -0.2) is 0 Å². The normalized spacial score (nSPS) is 17.3. The summed E-state index contributed by atoms with van der Waals surface area (Å²) in [6.45, 7) is 5.91. The molecule has 1 unspecified atom stereocenters. The van der Waals surface area contributed by atoms with E-state index >= 15 is 0 Å². The summed E-state index contributed by atoms with van der Waals surface area (Å²) in [6, 6.07) is 5.18. The van der Waals surface area contributed by atoms with E-state index in [1.165, 1.54) is 12.8 Å². The van der Waals surface area contributed by atoms with Gasteiger partial charge in [0.25, 0.3) is 0 Å². The van der Waals surface area contributed by atoms with Gasteiger partial charge >= 0.3 is 0 Å². The summed E-state index contributed by atoms with van der Waals surface area (Å²) < 4.78 is 10.5. The molecule has 1 aliphatic rings. The molecule has 1 fully saturated rings. The average molecular weight is 252 g/mol. The quantitative estimate of drug-likeness (QED) is 0.728. The third-order valence-corrected chi connectivity index (χ3v) is 3.31. The molecule has 1 N–H and O–H groups in total. The van der Waals surface area contributed by atoms with Crippen LogP contribution in [0.15, 0.2) is 22.8 Å². The molecule has 1 aromatic heterocycles. The molecular formula is C14H24N2O2. The van der Waals surface area contributed by atoms with E-state index < -0.39 is 0 Å². The van der Waals surface area contributed by atoms with E-state index in [1.807, 2.05) is 6.07 Å². The highest BCUT2D eigenvalue weighted by atomic mass is 16.5. The van der Waals surface area contributed by atoms with Gasteiger partial charge in [-0.15, -0.1) is 0 Å². The van der Waals surface area contributed by atoms with Crippen LogP contribution in [0.25, 0.3) is 0 Å². The molecule has 1 saturated carbocycles. The van der Waals surface area contributed by atoms with Crippen LogP contribution in [0.2, 0.25) is 0 Å². The standard InChI is InChI=1S/C14H24N2O2/c1-12(11-17-2)15-7-8-16(13-5-6-13)10-14-4-3-9-18-14/h3-4,9,12-13,15H,5-8,10-11H2,1-2H3. The minimum Gasteiger partial charge on any atom is -0.468 e. The molecule has 1 aliphatic carbocycles. The van der Waals surface area contributed by atoms with Crippen molar-refractivity contribution in [2.24, 2.45) is 0 Å². The van der Waals surface area contributed by atoms with Gasteiger partial charge in [-0.1, -0.05) is 0 Å². The fraction of sp³-hybridized carbons (Fsp3) is 0.714. The second kappa shape index (κ2) is 6.92. The minimum absolute atomic E-state index is 0.416. The van der Waals surface area contributed by atoms with E-state index in [9.17, 15) is 0 Å². The van der Waals surface area contributed by atoms with Crippen molar-refractivity contribution in [3.05, 3.63) is 24.2 Å². The van der Waals surface area contributed by atoms with Gasteiger partial charge < -0.3 is 14.5 Å². The van der Waals surface area contributed by atoms with E-state index in [0.29, 0.717) is 6.04 Å². The van der Waals surface area contributed by atoms with E-state index in [0.717, 1.165) is 38.0 Å². The zero-order valence-electron chi connectivity index (χ0n) is 11.4. The average Bonchev–Trinajstić information content (AvgIpc) is 3.07. The Morgan fingerprint density at radius 1 is 1.56 bits per heavy atom. The molecule has 4 nitrogen and oxygen atoms in total. The third-order valence-electron chi connectivity index (χ3n) is 3.31. The van der Waals surface area contributed by atoms with Gasteiger partial charge in [-0.2, -0.15) is 0 Å². The van der Waals surface area contributed by atoms with Gasteiger partial charge in [0.1, 0.15) is 5.76 Å². The predicted octanol–water partition coefficient (Wildman–Crippen LogP) is 1.87. The second-order valence-electron chi connectivity index (χ2n) is 5.09. The maximum atomic E-state index is 5.43. The van der Waals surface area contributed by atoms with Gasteiger partial charge in [0.15, 0.2) is 0 Å². The number of furan rings is 1. The van der Waals surface area contributed by atoms with Gasteiger partial charge in [-0.05, 0) is 31.9 Å². The van der Waals surface area contributed by atoms with Crippen molar-refractivity contribution in [2.45, 2.75) is 38.4 Å². The molecule has 1 heterocycles. The largest absolute Gasteiger partial charge is 0.468 e. The Balaban J connectivity index is 1.70. The molecule has 2 rings (SSSR count). The number of nitrogens with zero attached hydrogens (tertiary/aromatic N) is 1. The number of rotatable bonds is 9. The van der Waals surface area contributed by atoms with Gasteiger partial charge in [-0.3, -0.25) is 4.90 Å². The number of hydrogen-bond donors (Lipinski definition) is 1. The second-order valence-corrected chi connectivity index (χ2v) is 5.09. The summed E-state index contributed by atoms with van der Waals surface area (Å²) in [7, 11) is 1.74. The number of hydrogen-bond acceptors (Lipinski definition) is 4. The van der Waals surface area contributed by atoms with Gasteiger partial charge in [0.05, 0.1) is 19.4 Å². The lowest BCUT2D eigenvalue weighted by molar-refractivity contribution is 0.167. The number of methoxy groups -OCH3 is 1. The summed E-state index contributed by atoms with van der Waals surface area (Å²) in [5.74, 6) is 1.06. The molecule has 102 valence electrons. The molecule has 0 bridgehead atoms. The number of ether oxygens (including phenoxy) is 1. The van der Waals surface area contributed by atoms with Crippen LogP contribution in [0.3, 0.4) is 0 Å². The Morgan fingerprint density at radius 3 is 3.00 bits per heavy atom. The van der Waals surface area contributed by atoms with Crippen molar-refractivity contribution < 1.29 is 9.15 Å². The van der Waals surface area contributed by atoms with Crippen LogP contribution in [0.1, 0.15) is 25.5 Å². The number of nitrogens with one attached hydrogen (secondary N) is 1. The van der Waals surface area contributed by atoms with Gasteiger partial charge in [0, 0.05) is 32.3 Å². The molecule has 0 aliphatic heterocycles. The van der Waals surface area contributed by atoms with Gasteiger partial charge in [0.2, 0.25) is 0 Å². The smallest absolute Gasteiger partial charge is 0.117 e. The van der Waals surface area contributed by atoms with Crippen molar-refractivity contribution in [1.29, 1.82) is 0 Å². The third kappa shape index (κ3) is 4.44. The van der Waals surface area contributed by atoms with Crippen LogP contribution in [0, 0.1) is 0 Å². The predicted molar refractivity (Wildman–Crippen MR) is 71.5 cm³/mol. The lowest BCUT2D eigenvalue weighted by atomic mass is 10.3. The fourth-order valence-electron chi connectivity index (χ4n) is 2.20. The molecule has 0 spiro atoms. The van der Waals surface area contributed by atoms with Crippen LogP contribution in [-0.2, 0) is 11.3 Å². The van der Waals surface area contributed by atoms with E-state index in [-0.39, 0.29) is 0 Å². The summed E-state index contributed by atoms with van der Waals surface area (Å²) in [6.07, 6.45) is 4.40. The van der Waals surface area contributed by atoms with Crippen LogP contribution < -0.4 is 5.32 Å². The molecule has 0 radical (unpaired) electrons. The molecule has 0 amide bonds. The lowest BCUT2D eigenvalue weighted by Gasteiger charge is -2.22. The minimum atomic E-state index is 0.416. The first-order valence-electron chi connectivity index (χ1n) is 6.78. The van der Waals surface area contributed by atoms with Crippen molar-refractivity contribution in [3.8, 4) is 0 Å². The Labute approximate surface area is 109 Å². The molecule has 18 heavy (non-hydrogen) atoms. The van der Waals surface area contributed by atoms with Crippen LogP contribution in [-0.4, -0.2) is 43.8 Å². The molecule has 1 aromatic rings. The van der Waals surface area contributed by atoms with E-state index in [2.05, 4.69) is 23.2 Å². The first kappa shape index (κ1) is 13.6. The van der Waals surface area contributed by atoms with Crippen molar-refractivity contribution in [2.75, 3.05) is 26.8 Å². The maximum absolute atomic E-state index is 5.43. The summed E-state index contributed by atoms with van der Waals surface area (Å²) >= 11 is 0. The Kier molecular flexibility index (Phi) is 5.23. The molecule has 0 saturated heterocycles. The van der Waals surface area contributed by atoms with Crippen molar-refractivity contribution in [3.63, 3.8) is 0 Å². The topological polar surface area (TPSA) is 37.6 Å². The first-order valence-corrected chi connectivity index (χ1v) is 6.78. The Bertz CT molecular complexity index is 323.